The fourth-order valence-electron chi connectivity index (χ4n) is 3.00. The third kappa shape index (κ3) is 3.23. The molecule has 1 N–H and O–H groups in total. The number of hydrogen-bond acceptors (Lipinski definition) is 4. The van der Waals surface area contributed by atoms with Gasteiger partial charge in [-0.05, 0) is 44.0 Å². The van der Waals surface area contributed by atoms with Crippen LogP contribution < -0.4 is 0 Å². The van der Waals surface area contributed by atoms with Gasteiger partial charge in [0.25, 0.3) is 0 Å². The van der Waals surface area contributed by atoms with E-state index in [1.165, 1.54) is 6.26 Å². The van der Waals surface area contributed by atoms with Gasteiger partial charge in [-0.25, -0.2) is 13.4 Å². The molecule has 1 fully saturated rings. The lowest BCUT2D eigenvalue weighted by Gasteiger charge is -2.23. The molecule has 2 aromatic rings. The summed E-state index contributed by atoms with van der Waals surface area (Å²) in [5, 5.41) is 0. The van der Waals surface area contributed by atoms with Gasteiger partial charge < -0.3 is 4.98 Å². The zero-order valence-electron chi connectivity index (χ0n) is 12.9. The summed E-state index contributed by atoms with van der Waals surface area (Å²) >= 11 is 0. The van der Waals surface area contributed by atoms with Gasteiger partial charge in [0.05, 0.1) is 10.9 Å². The van der Waals surface area contributed by atoms with E-state index in [4.69, 9.17) is 0 Å². The fraction of sp³-hybridized carbons (Fsp3) is 0.438. The summed E-state index contributed by atoms with van der Waals surface area (Å²) < 4.78 is 23.0. The average molecular weight is 319 g/mol. The Balaban J connectivity index is 1.74. The van der Waals surface area contributed by atoms with Crippen LogP contribution in [0.2, 0.25) is 0 Å². The van der Waals surface area contributed by atoms with E-state index in [-0.39, 0.29) is 0 Å². The van der Waals surface area contributed by atoms with Crippen molar-refractivity contribution in [3.8, 4) is 0 Å². The summed E-state index contributed by atoms with van der Waals surface area (Å²) in [6.07, 6.45) is 5.37. The maximum absolute atomic E-state index is 11.5. The van der Waals surface area contributed by atoms with Crippen LogP contribution >= 0.6 is 0 Å². The standard InChI is InChI=1S/C16H21N3O2S/c1-12-10-17-16(18-12)15-4-3-9-19(15)11-13-5-7-14(8-6-13)22(2,20)21/h5-8,10,15H,3-4,9,11H2,1-2H3,(H,17,18)/t15-/m0/s1. The largest absolute Gasteiger partial charge is 0.345 e. The number of benzene rings is 1. The lowest BCUT2D eigenvalue weighted by atomic mass is 10.1. The Morgan fingerprint density at radius 2 is 2.05 bits per heavy atom. The topological polar surface area (TPSA) is 66.1 Å². The van der Waals surface area contributed by atoms with Crippen LogP contribution in [0.3, 0.4) is 0 Å². The summed E-state index contributed by atoms with van der Waals surface area (Å²) in [5.74, 6) is 1.03. The molecule has 1 atom stereocenters. The summed E-state index contributed by atoms with van der Waals surface area (Å²) in [5.41, 5.74) is 2.21. The minimum Gasteiger partial charge on any atom is -0.345 e. The number of H-pyrrole nitrogens is 1. The Hall–Kier alpha value is -1.66. The third-order valence-electron chi connectivity index (χ3n) is 4.14. The summed E-state index contributed by atoms with van der Waals surface area (Å²) in [7, 11) is -3.13. The summed E-state index contributed by atoms with van der Waals surface area (Å²) in [4.78, 5) is 10.6. The first-order valence-electron chi connectivity index (χ1n) is 7.48. The minimum atomic E-state index is -3.13. The number of aromatic amines is 1. The first-order valence-corrected chi connectivity index (χ1v) is 9.37. The Labute approximate surface area is 131 Å². The molecule has 1 aliphatic heterocycles. The zero-order chi connectivity index (χ0) is 15.7. The van der Waals surface area contributed by atoms with Gasteiger partial charge in [0, 0.05) is 24.7 Å². The molecule has 1 saturated heterocycles. The van der Waals surface area contributed by atoms with E-state index < -0.39 is 9.84 Å². The molecular weight excluding hydrogens is 298 g/mol. The van der Waals surface area contributed by atoms with Crippen molar-refractivity contribution in [1.82, 2.24) is 14.9 Å². The molecule has 0 bridgehead atoms. The van der Waals surface area contributed by atoms with E-state index in [1.807, 2.05) is 25.3 Å². The molecule has 5 nitrogen and oxygen atoms in total. The van der Waals surface area contributed by atoms with E-state index in [9.17, 15) is 8.42 Å². The van der Waals surface area contributed by atoms with E-state index in [2.05, 4.69) is 14.9 Å². The van der Waals surface area contributed by atoms with Crippen molar-refractivity contribution in [2.45, 2.75) is 37.2 Å². The Morgan fingerprint density at radius 3 is 2.64 bits per heavy atom. The highest BCUT2D eigenvalue weighted by Gasteiger charge is 2.28. The van der Waals surface area contributed by atoms with Gasteiger partial charge in [0.1, 0.15) is 5.82 Å². The Bertz CT molecular complexity index is 750. The van der Waals surface area contributed by atoms with E-state index in [0.717, 1.165) is 43.0 Å². The van der Waals surface area contributed by atoms with Crippen molar-refractivity contribution in [3.05, 3.63) is 47.5 Å². The molecule has 0 amide bonds. The van der Waals surface area contributed by atoms with Gasteiger partial charge in [-0.2, -0.15) is 0 Å². The molecule has 1 aromatic carbocycles. The lowest BCUT2D eigenvalue weighted by molar-refractivity contribution is 0.240. The van der Waals surface area contributed by atoms with Crippen LogP contribution in [0.25, 0.3) is 0 Å². The van der Waals surface area contributed by atoms with Crippen LogP contribution in [0.15, 0.2) is 35.4 Å². The molecule has 22 heavy (non-hydrogen) atoms. The molecule has 3 rings (SSSR count). The number of hydrogen-bond donors (Lipinski definition) is 1. The van der Waals surface area contributed by atoms with Crippen LogP contribution in [0, 0.1) is 6.92 Å². The fourth-order valence-corrected chi connectivity index (χ4v) is 3.63. The highest BCUT2D eigenvalue weighted by Crippen LogP contribution is 2.31. The number of aryl methyl sites for hydroxylation is 1. The maximum Gasteiger partial charge on any atom is 0.175 e. The monoisotopic (exact) mass is 319 g/mol. The second-order valence-corrected chi connectivity index (χ2v) is 8.01. The molecule has 1 aliphatic rings. The van der Waals surface area contributed by atoms with Crippen molar-refractivity contribution in [2.75, 3.05) is 12.8 Å². The van der Waals surface area contributed by atoms with Gasteiger partial charge in [-0.15, -0.1) is 0 Å². The van der Waals surface area contributed by atoms with Gasteiger partial charge in [0.15, 0.2) is 9.84 Å². The number of nitrogens with zero attached hydrogens (tertiary/aromatic N) is 2. The number of likely N-dealkylation sites (tertiary alicyclic amines) is 1. The third-order valence-corrected chi connectivity index (χ3v) is 5.27. The number of rotatable bonds is 4. The molecule has 6 heteroatoms. The number of aromatic nitrogens is 2. The van der Waals surface area contributed by atoms with Crippen molar-refractivity contribution < 1.29 is 8.42 Å². The molecule has 1 aromatic heterocycles. The van der Waals surface area contributed by atoms with Gasteiger partial charge in [-0.1, -0.05) is 12.1 Å². The van der Waals surface area contributed by atoms with Crippen LogP contribution in [-0.4, -0.2) is 36.1 Å². The van der Waals surface area contributed by atoms with Gasteiger partial charge >= 0.3 is 0 Å². The van der Waals surface area contributed by atoms with E-state index in [1.54, 1.807) is 12.1 Å². The first kappa shape index (κ1) is 15.2. The number of nitrogens with one attached hydrogen (secondary N) is 1. The van der Waals surface area contributed by atoms with Crippen molar-refractivity contribution in [3.63, 3.8) is 0 Å². The molecule has 0 aliphatic carbocycles. The van der Waals surface area contributed by atoms with Crippen LogP contribution in [-0.2, 0) is 16.4 Å². The molecule has 0 saturated carbocycles. The summed E-state index contributed by atoms with van der Waals surface area (Å²) in [6, 6.07) is 7.50. The molecule has 0 radical (unpaired) electrons. The van der Waals surface area contributed by atoms with Gasteiger partial charge in [0.2, 0.25) is 0 Å². The minimum absolute atomic E-state index is 0.322. The highest BCUT2D eigenvalue weighted by atomic mass is 32.2. The first-order chi connectivity index (χ1) is 10.4. The summed E-state index contributed by atoms with van der Waals surface area (Å²) in [6.45, 7) is 3.87. The SMILES string of the molecule is Cc1cnc([C@@H]2CCCN2Cc2ccc(S(C)(=O)=O)cc2)[nH]1. The van der Waals surface area contributed by atoms with E-state index >= 15 is 0 Å². The van der Waals surface area contributed by atoms with Crippen LogP contribution in [0.4, 0.5) is 0 Å². The van der Waals surface area contributed by atoms with Crippen molar-refractivity contribution >= 4 is 9.84 Å². The average Bonchev–Trinajstić information content (AvgIpc) is 3.07. The number of sulfone groups is 1. The second kappa shape index (κ2) is 5.85. The van der Waals surface area contributed by atoms with Crippen molar-refractivity contribution in [1.29, 1.82) is 0 Å². The molecule has 0 unspecified atom stereocenters. The predicted octanol–water partition coefficient (Wildman–Crippen LogP) is 2.46. The molecule has 118 valence electrons. The lowest BCUT2D eigenvalue weighted by Crippen LogP contribution is -2.23. The van der Waals surface area contributed by atoms with Crippen molar-refractivity contribution in [2.24, 2.45) is 0 Å². The normalized spacial score (nSPS) is 19.6. The van der Waals surface area contributed by atoms with E-state index in [0.29, 0.717) is 10.9 Å². The van der Waals surface area contributed by atoms with Crippen LogP contribution in [0.5, 0.6) is 0 Å². The van der Waals surface area contributed by atoms with Gasteiger partial charge in [-0.3, -0.25) is 4.90 Å². The maximum atomic E-state index is 11.5. The van der Waals surface area contributed by atoms with Crippen LogP contribution in [0.1, 0.15) is 36.0 Å². The number of imidazole rings is 1. The Morgan fingerprint density at radius 1 is 1.32 bits per heavy atom. The smallest absolute Gasteiger partial charge is 0.175 e. The molecule has 2 heterocycles. The molecule has 0 spiro atoms. The Kier molecular flexibility index (Phi) is 4.06. The zero-order valence-corrected chi connectivity index (χ0v) is 13.7. The highest BCUT2D eigenvalue weighted by molar-refractivity contribution is 7.90. The molecular formula is C16H21N3O2S. The second-order valence-electron chi connectivity index (χ2n) is 6.00. The predicted molar refractivity (Wildman–Crippen MR) is 85.3 cm³/mol. The quantitative estimate of drug-likeness (QED) is 0.940.